The standard InChI is InChI=1S/C28H33F3N4O3S/c1-19-14-21(9-12-34(19)2)33-24-15-20(16-26-23(24)10-13-35(26)18-28(29,30)31)6-5-11-32-25-17-22(39(4,36)37)7-8-27(25)38-3/h7-8,10,13,15-17,19,21,32-33H,9,11-12,14,18H2,1-4H3. The quantitative estimate of drug-likeness (QED) is 0.396. The molecule has 39 heavy (non-hydrogen) atoms. The number of benzene rings is 2. The second kappa shape index (κ2) is 11.4. The molecule has 0 saturated carbocycles. The minimum absolute atomic E-state index is 0.147. The predicted molar refractivity (Wildman–Crippen MR) is 148 cm³/mol. The van der Waals surface area contributed by atoms with Crippen LogP contribution >= 0.6 is 0 Å². The molecule has 1 saturated heterocycles. The molecule has 1 aliphatic heterocycles. The number of piperidine rings is 1. The highest BCUT2D eigenvalue weighted by Crippen LogP contribution is 2.31. The zero-order chi connectivity index (χ0) is 28.4. The molecule has 0 amide bonds. The summed E-state index contributed by atoms with van der Waals surface area (Å²) in [5.41, 5.74) is 2.27. The lowest BCUT2D eigenvalue weighted by atomic mass is 9.98. The van der Waals surface area contributed by atoms with Crippen LogP contribution in [0.25, 0.3) is 10.9 Å². The smallest absolute Gasteiger partial charge is 0.406 e. The Bertz CT molecular complexity index is 1510. The fourth-order valence-electron chi connectivity index (χ4n) is 4.80. The molecule has 1 aromatic heterocycles. The van der Waals surface area contributed by atoms with E-state index in [1.807, 2.05) is 6.07 Å². The van der Waals surface area contributed by atoms with Crippen LogP contribution in [0, 0.1) is 11.8 Å². The highest BCUT2D eigenvalue weighted by Gasteiger charge is 2.29. The molecule has 3 aromatic rings. The minimum atomic E-state index is -4.35. The SMILES string of the molecule is COc1ccc(S(C)(=O)=O)cc1NCC#Cc1cc(NC2CCN(C)C(C)C2)c2ccn(CC(F)(F)F)c2c1. The van der Waals surface area contributed by atoms with Crippen molar-refractivity contribution in [2.24, 2.45) is 0 Å². The summed E-state index contributed by atoms with van der Waals surface area (Å²) in [6.45, 7) is 2.18. The van der Waals surface area contributed by atoms with E-state index in [9.17, 15) is 21.6 Å². The van der Waals surface area contributed by atoms with Crippen LogP contribution in [0.4, 0.5) is 24.5 Å². The van der Waals surface area contributed by atoms with Crippen molar-refractivity contribution in [2.45, 2.75) is 49.5 Å². The Morgan fingerprint density at radius 2 is 1.92 bits per heavy atom. The molecule has 0 bridgehead atoms. The fourth-order valence-corrected chi connectivity index (χ4v) is 5.45. The Morgan fingerprint density at radius 3 is 2.59 bits per heavy atom. The van der Waals surface area contributed by atoms with Gasteiger partial charge in [-0.25, -0.2) is 8.42 Å². The van der Waals surface area contributed by atoms with E-state index in [-0.39, 0.29) is 17.5 Å². The molecule has 1 aliphatic rings. The third-order valence-electron chi connectivity index (χ3n) is 7.01. The van der Waals surface area contributed by atoms with Gasteiger partial charge < -0.3 is 24.8 Å². The summed E-state index contributed by atoms with van der Waals surface area (Å²) in [4.78, 5) is 2.44. The van der Waals surface area contributed by atoms with Gasteiger partial charge in [-0.05, 0) is 63.2 Å². The molecule has 2 atom stereocenters. The van der Waals surface area contributed by atoms with Crippen LogP contribution in [-0.2, 0) is 16.4 Å². The molecule has 0 radical (unpaired) electrons. The van der Waals surface area contributed by atoms with E-state index >= 15 is 0 Å². The molecule has 2 heterocycles. The Labute approximate surface area is 227 Å². The first-order valence-corrected chi connectivity index (χ1v) is 14.5. The number of hydrogen-bond acceptors (Lipinski definition) is 6. The van der Waals surface area contributed by atoms with Crippen molar-refractivity contribution in [3.63, 3.8) is 0 Å². The molecular weight excluding hydrogens is 529 g/mol. The van der Waals surface area contributed by atoms with Crippen LogP contribution in [0.3, 0.4) is 0 Å². The number of halogens is 3. The van der Waals surface area contributed by atoms with Gasteiger partial charge in [0, 0.05) is 47.7 Å². The van der Waals surface area contributed by atoms with Crippen molar-refractivity contribution in [3.8, 4) is 17.6 Å². The summed E-state index contributed by atoms with van der Waals surface area (Å²) in [5, 5.41) is 7.36. The van der Waals surface area contributed by atoms with Crippen LogP contribution in [0.2, 0.25) is 0 Å². The molecule has 1 fully saturated rings. The topological polar surface area (TPSA) is 75.6 Å². The summed E-state index contributed by atoms with van der Waals surface area (Å²) < 4.78 is 70.1. The van der Waals surface area contributed by atoms with Crippen LogP contribution in [-0.4, -0.2) is 69.6 Å². The third kappa shape index (κ3) is 7.19. The van der Waals surface area contributed by atoms with Crippen LogP contribution in [0.5, 0.6) is 5.75 Å². The van der Waals surface area contributed by atoms with E-state index in [0.29, 0.717) is 28.6 Å². The molecule has 2 N–H and O–H groups in total. The van der Waals surface area contributed by atoms with Crippen LogP contribution in [0.1, 0.15) is 25.3 Å². The summed E-state index contributed by atoms with van der Waals surface area (Å²) in [6.07, 6.45) is 0.0881. The lowest BCUT2D eigenvalue weighted by Gasteiger charge is -2.36. The molecule has 2 unspecified atom stereocenters. The highest BCUT2D eigenvalue weighted by molar-refractivity contribution is 7.90. The predicted octanol–water partition coefficient (Wildman–Crippen LogP) is 4.97. The van der Waals surface area contributed by atoms with E-state index in [1.165, 1.54) is 30.0 Å². The van der Waals surface area contributed by atoms with Gasteiger partial charge in [-0.3, -0.25) is 0 Å². The third-order valence-corrected chi connectivity index (χ3v) is 8.12. The largest absolute Gasteiger partial charge is 0.495 e. The molecule has 2 aromatic carbocycles. The van der Waals surface area contributed by atoms with Gasteiger partial charge in [-0.15, -0.1) is 0 Å². The second-order valence-corrected chi connectivity index (χ2v) is 12.0. The van der Waals surface area contributed by atoms with Gasteiger partial charge in [0.2, 0.25) is 0 Å². The van der Waals surface area contributed by atoms with Gasteiger partial charge >= 0.3 is 6.18 Å². The molecule has 0 aliphatic carbocycles. The number of likely N-dealkylation sites (tertiary alicyclic amines) is 1. The number of sulfone groups is 1. The molecular formula is C28H33F3N4O3S. The summed E-state index contributed by atoms with van der Waals surface area (Å²) in [5.74, 6) is 6.51. The summed E-state index contributed by atoms with van der Waals surface area (Å²) >= 11 is 0. The lowest BCUT2D eigenvalue weighted by Crippen LogP contribution is -2.42. The van der Waals surface area contributed by atoms with E-state index in [0.717, 1.165) is 36.7 Å². The fraction of sp³-hybridized carbons (Fsp3) is 0.429. The molecule has 0 spiro atoms. The van der Waals surface area contributed by atoms with Crippen LogP contribution in [0.15, 0.2) is 47.5 Å². The van der Waals surface area contributed by atoms with Crippen molar-refractivity contribution < 1.29 is 26.3 Å². The van der Waals surface area contributed by atoms with Gasteiger partial charge in [-0.2, -0.15) is 13.2 Å². The number of fused-ring (bicyclic) bond motifs is 1. The summed E-state index contributed by atoms with van der Waals surface area (Å²) in [7, 11) is 0.171. The van der Waals surface area contributed by atoms with Crippen LogP contribution < -0.4 is 15.4 Å². The Hall–Kier alpha value is -3.36. The number of methoxy groups -OCH3 is 1. The zero-order valence-corrected chi connectivity index (χ0v) is 23.2. The molecule has 4 rings (SSSR count). The van der Waals surface area contributed by atoms with E-state index in [4.69, 9.17) is 4.74 Å². The Kier molecular flexibility index (Phi) is 8.37. The molecule has 7 nitrogen and oxygen atoms in total. The summed E-state index contributed by atoms with van der Waals surface area (Å²) in [6, 6.07) is 10.4. The first-order chi connectivity index (χ1) is 18.3. The van der Waals surface area contributed by atoms with Gasteiger partial charge in [0.15, 0.2) is 9.84 Å². The van der Waals surface area contributed by atoms with Crippen molar-refractivity contribution in [1.82, 2.24) is 9.47 Å². The second-order valence-electron chi connectivity index (χ2n) is 10.0. The van der Waals surface area contributed by atoms with Crippen molar-refractivity contribution in [3.05, 3.63) is 48.2 Å². The lowest BCUT2D eigenvalue weighted by molar-refractivity contribution is -0.139. The number of aromatic nitrogens is 1. The van der Waals surface area contributed by atoms with Crippen molar-refractivity contribution in [2.75, 3.05) is 44.1 Å². The normalized spacial score (nSPS) is 18.4. The number of ether oxygens (including phenoxy) is 1. The average molecular weight is 563 g/mol. The number of anilines is 2. The van der Waals surface area contributed by atoms with Crippen molar-refractivity contribution >= 4 is 32.1 Å². The average Bonchev–Trinajstić information content (AvgIpc) is 3.24. The number of hydrogen-bond donors (Lipinski definition) is 2. The minimum Gasteiger partial charge on any atom is -0.495 e. The van der Waals surface area contributed by atoms with Gasteiger partial charge in [0.1, 0.15) is 12.3 Å². The van der Waals surface area contributed by atoms with Crippen molar-refractivity contribution in [1.29, 1.82) is 0 Å². The zero-order valence-electron chi connectivity index (χ0n) is 22.4. The number of nitrogens with one attached hydrogen (secondary N) is 2. The van der Waals surface area contributed by atoms with E-state index < -0.39 is 22.6 Å². The maximum absolute atomic E-state index is 13.2. The number of rotatable bonds is 7. The Balaban J connectivity index is 1.61. The van der Waals surface area contributed by atoms with E-state index in [1.54, 1.807) is 18.2 Å². The van der Waals surface area contributed by atoms with Gasteiger partial charge in [-0.1, -0.05) is 11.8 Å². The van der Waals surface area contributed by atoms with E-state index in [2.05, 4.69) is 41.3 Å². The molecule has 210 valence electrons. The van der Waals surface area contributed by atoms with Gasteiger partial charge in [0.05, 0.1) is 29.8 Å². The number of nitrogens with zero attached hydrogens (tertiary/aromatic N) is 2. The first kappa shape index (κ1) is 28.6. The highest BCUT2D eigenvalue weighted by atomic mass is 32.2. The molecule has 11 heteroatoms. The monoisotopic (exact) mass is 562 g/mol. The van der Waals surface area contributed by atoms with Gasteiger partial charge in [0.25, 0.3) is 0 Å². The Morgan fingerprint density at radius 1 is 1.15 bits per heavy atom. The first-order valence-electron chi connectivity index (χ1n) is 12.6. The maximum Gasteiger partial charge on any atom is 0.406 e. The number of alkyl halides is 3. The maximum atomic E-state index is 13.2.